The highest BCUT2D eigenvalue weighted by atomic mass is 19.1. The molecule has 7 nitrogen and oxygen atoms in total. The van der Waals surface area contributed by atoms with Crippen LogP contribution >= 0.6 is 0 Å². The van der Waals surface area contributed by atoms with Gasteiger partial charge in [-0.2, -0.15) is 0 Å². The summed E-state index contributed by atoms with van der Waals surface area (Å²) in [6.45, 7) is 0.141. The number of carbonyl (C=O) groups is 2. The molecule has 3 unspecified atom stereocenters. The van der Waals surface area contributed by atoms with Crippen molar-refractivity contribution in [2.24, 2.45) is 17.1 Å². The van der Waals surface area contributed by atoms with E-state index in [2.05, 4.69) is 0 Å². The minimum Gasteiger partial charge on any atom is -0.491 e. The number of primary amides is 1. The maximum atomic E-state index is 14.9. The van der Waals surface area contributed by atoms with Crippen molar-refractivity contribution in [2.75, 3.05) is 24.8 Å². The molecule has 0 radical (unpaired) electrons. The Kier molecular flexibility index (Phi) is 5.29. The number of allylic oxidation sites excluding steroid dienone is 2. The van der Waals surface area contributed by atoms with Gasteiger partial charge in [-0.3, -0.25) is 9.59 Å². The molecule has 3 aromatic rings. The van der Waals surface area contributed by atoms with Gasteiger partial charge in [-0.15, -0.1) is 0 Å². The van der Waals surface area contributed by atoms with E-state index in [0.29, 0.717) is 28.5 Å². The standard InChI is InChI=1S/C31H24F2N2O5/c32-19-8-9-23(33)18(11-19)14-30(10-4-3-6-21(30)28(34)36)15-35-24-7-2-1-5-20(24)31(29(35)37)16-38-25-13-27-26(12-22(25)31)39-17-40-27/h1-13,21H,14-17H2,(H2,34,36). The SMILES string of the molecule is NC(=O)C1C=CC=CC1(Cc1cc(F)ccc1F)CN1C(=O)C2(COc3cc4c(cc32)OCO4)c2ccccc21. The third-order valence-corrected chi connectivity index (χ3v) is 8.39. The Hall–Kier alpha value is -4.66. The zero-order chi connectivity index (χ0) is 27.6. The number of fused-ring (bicyclic) bond motifs is 5. The Morgan fingerprint density at radius 2 is 1.77 bits per heavy atom. The maximum Gasteiger partial charge on any atom is 0.245 e. The van der Waals surface area contributed by atoms with Gasteiger partial charge in [0, 0.05) is 29.3 Å². The molecule has 9 heteroatoms. The van der Waals surface area contributed by atoms with Gasteiger partial charge in [0.25, 0.3) is 0 Å². The second-order valence-corrected chi connectivity index (χ2v) is 10.6. The van der Waals surface area contributed by atoms with E-state index >= 15 is 0 Å². The van der Waals surface area contributed by atoms with Crippen LogP contribution in [0.15, 0.2) is 78.9 Å². The lowest BCUT2D eigenvalue weighted by molar-refractivity contribution is -0.125. The molecule has 7 rings (SSSR count). The molecule has 2 N–H and O–H groups in total. The van der Waals surface area contributed by atoms with E-state index < -0.39 is 34.3 Å². The third-order valence-electron chi connectivity index (χ3n) is 8.39. The summed E-state index contributed by atoms with van der Waals surface area (Å²) in [5.41, 5.74) is 5.68. The van der Waals surface area contributed by atoms with Crippen LogP contribution in [0.3, 0.4) is 0 Å². The van der Waals surface area contributed by atoms with E-state index in [9.17, 15) is 18.4 Å². The topological polar surface area (TPSA) is 91.1 Å². The summed E-state index contributed by atoms with van der Waals surface area (Å²) in [5, 5.41) is 0. The lowest BCUT2D eigenvalue weighted by Gasteiger charge is -2.40. The number of rotatable bonds is 5. The normalized spacial score (nSPS) is 25.3. The molecule has 0 saturated carbocycles. The van der Waals surface area contributed by atoms with Gasteiger partial charge in [0.15, 0.2) is 11.5 Å². The third kappa shape index (κ3) is 3.40. The summed E-state index contributed by atoms with van der Waals surface area (Å²) < 4.78 is 46.3. The van der Waals surface area contributed by atoms with Crippen molar-refractivity contribution < 1.29 is 32.6 Å². The largest absolute Gasteiger partial charge is 0.491 e. The number of nitrogens with zero attached hydrogens (tertiary/aromatic N) is 1. The quantitative estimate of drug-likeness (QED) is 0.523. The fourth-order valence-corrected chi connectivity index (χ4v) is 6.52. The lowest BCUT2D eigenvalue weighted by Crippen LogP contribution is -2.51. The number of ether oxygens (including phenoxy) is 3. The second-order valence-electron chi connectivity index (χ2n) is 10.6. The molecule has 3 atom stereocenters. The monoisotopic (exact) mass is 542 g/mol. The minimum absolute atomic E-state index is 0.00508. The predicted molar refractivity (Wildman–Crippen MR) is 141 cm³/mol. The van der Waals surface area contributed by atoms with Crippen molar-refractivity contribution >= 4 is 17.5 Å². The number of carbonyl (C=O) groups excluding carboxylic acids is 2. The van der Waals surface area contributed by atoms with Crippen molar-refractivity contribution in [1.29, 1.82) is 0 Å². The molecule has 0 saturated heterocycles. The van der Waals surface area contributed by atoms with E-state index in [4.69, 9.17) is 19.9 Å². The van der Waals surface area contributed by atoms with Gasteiger partial charge in [0.05, 0.1) is 5.92 Å². The van der Waals surface area contributed by atoms with Crippen LogP contribution in [0.1, 0.15) is 16.7 Å². The first-order valence-electron chi connectivity index (χ1n) is 12.9. The zero-order valence-corrected chi connectivity index (χ0v) is 21.2. The Bertz CT molecular complexity index is 1650. The van der Waals surface area contributed by atoms with E-state index in [1.165, 1.54) is 0 Å². The second kappa shape index (κ2) is 8.67. The smallest absolute Gasteiger partial charge is 0.245 e. The molecule has 3 heterocycles. The van der Waals surface area contributed by atoms with Crippen molar-refractivity contribution in [1.82, 2.24) is 0 Å². The van der Waals surface area contributed by atoms with Crippen molar-refractivity contribution in [3.8, 4) is 17.2 Å². The highest BCUT2D eigenvalue weighted by molar-refractivity contribution is 6.11. The van der Waals surface area contributed by atoms with Crippen LogP contribution in [0.2, 0.25) is 0 Å². The number of anilines is 1. The summed E-state index contributed by atoms with van der Waals surface area (Å²) in [6, 6.07) is 14.1. The molecule has 3 aliphatic heterocycles. The fraction of sp³-hybridized carbons (Fsp3) is 0.226. The summed E-state index contributed by atoms with van der Waals surface area (Å²) in [7, 11) is 0. The highest BCUT2D eigenvalue weighted by Crippen LogP contribution is 2.56. The first-order valence-corrected chi connectivity index (χ1v) is 12.9. The van der Waals surface area contributed by atoms with Crippen LogP contribution in [0.5, 0.6) is 17.2 Å². The fourth-order valence-electron chi connectivity index (χ4n) is 6.52. The number of benzene rings is 3. The Morgan fingerprint density at radius 3 is 2.60 bits per heavy atom. The number of hydrogen-bond donors (Lipinski definition) is 1. The molecular formula is C31H24F2N2O5. The Labute approximate surface area is 228 Å². The average Bonchev–Trinajstić information content (AvgIpc) is 3.62. The average molecular weight is 543 g/mol. The van der Waals surface area contributed by atoms with Crippen molar-refractivity contribution in [2.45, 2.75) is 11.8 Å². The molecule has 3 aromatic carbocycles. The number of hydrogen-bond acceptors (Lipinski definition) is 5. The minimum atomic E-state index is -1.16. The van der Waals surface area contributed by atoms with E-state index in [1.54, 1.807) is 41.3 Å². The highest BCUT2D eigenvalue weighted by Gasteiger charge is 2.59. The molecule has 1 spiro atoms. The number of nitrogens with two attached hydrogens (primary N) is 1. The summed E-state index contributed by atoms with van der Waals surface area (Å²) in [5.74, 6) is -1.36. The predicted octanol–water partition coefficient (Wildman–Crippen LogP) is 4.18. The van der Waals surface area contributed by atoms with Gasteiger partial charge in [-0.25, -0.2) is 8.78 Å². The number of halogens is 2. The van der Waals surface area contributed by atoms with Gasteiger partial charge in [-0.05, 0) is 47.9 Å². The summed E-state index contributed by atoms with van der Waals surface area (Å²) >= 11 is 0. The van der Waals surface area contributed by atoms with Gasteiger partial charge in [-0.1, -0.05) is 42.5 Å². The first kappa shape index (κ1) is 24.4. The number of amides is 2. The van der Waals surface area contributed by atoms with Crippen LogP contribution in [-0.2, 0) is 21.4 Å². The summed E-state index contributed by atoms with van der Waals surface area (Å²) in [4.78, 5) is 29.0. The Morgan fingerprint density at radius 1 is 0.975 bits per heavy atom. The van der Waals surface area contributed by atoms with Crippen molar-refractivity contribution in [3.05, 3.63) is 107 Å². The first-order chi connectivity index (χ1) is 19.3. The van der Waals surface area contributed by atoms with Gasteiger partial charge in [0.1, 0.15) is 29.4 Å². The van der Waals surface area contributed by atoms with E-state index in [0.717, 1.165) is 23.8 Å². The molecule has 1 aliphatic carbocycles. The maximum absolute atomic E-state index is 14.9. The molecule has 4 aliphatic rings. The molecule has 0 bridgehead atoms. The summed E-state index contributed by atoms with van der Waals surface area (Å²) in [6.07, 6.45) is 6.80. The molecule has 0 fully saturated rings. The van der Waals surface area contributed by atoms with Crippen molar-refractivity contribution in [3.63, 3.8) is 0 Å². The van der Waals surface area contributed by atoms with Crippen LogP contribution in [0.25, 0.3) is 0 Å². The lowest BCUT2D eigenvalue weighted by atomic mass is 9.68. The zero-order valence-electron chi connectivity index (χ0n) is 21.2. The van der Waals surface area contributed by atoms with Crippen LogP contribution in [-0.4, -0.2) is 31.8 Å². The van der Waals surface area contributed by atoms with Gasteiger partial charge in [0.2, 0.25) is 18.6 Å². The molecule has 2 amide bonds. The number of para-hydroxylation sites is 1. The van der Waals surface area contributed by atoms with Gasteiger partial charge >= 0.3 is 0 Å². The molecular weight excluding hydrogens is 518 g/mol. The van der Waals surface area contributed by atoms with Crippen LogP contribution in [0, 0.1) is 23.0 Å². The van der Waals surface area contributed by atoms with E-state index in [1.807, 2.05) is 24.3 Å². The Balaban J connectivity index is 1.36. The molecule has 202 valence electrons. The van der Waals surface area contributed by atoms with Gasteiger partial charge < -0.3 is 24.8 Å². The van der Waals surface area contributed by atoms with Crippen LogP contribution < -0.4 is 24.8 Å². The molecule has 0 aromatic heterocycles. The molecule has 40 heavy (non-hydrogen) atoms. The van der Waals surface area contributed by atoms with Crippen LogP contribution in [0.4, 0.5) is 14.5 Å². The van der Waals surface area contributed by atoms with E-state index in [-0.39, 0.29) is 37.8 Å².